The molecule has 0 bridgehead atoms. The lowest BCUT2D eigenvalue weighted by Crippen LogP contribution is -2.25. The first-order valence-electron chi connectivity index (χ1n) is 4.26. The summed E-state index contributed by atoms with van der Waals surface area (Å²) in [5, 5.41) is 12.0. The molecule has 0 aliphatic carbocycles. The van der Waals surface area contributed by atoms with Gasteiger partial charge in [0.15, 0.2) is 0 Å². The lowest BCUT2D eigenvalue weighted by molar-refractivity contribution is -0.137. The maximum absolute atomic E-state index is 10.6. The minimum Gasteiger partial charge on any atom is -0.480 e. The smallest absolute Gasteiger partial charge is 0.325 e. The predicted molar refractivity (Wildman–Crippen MR) is 56.9 cm³/mol. The molecule has 0 fully saturated rings. The van der Waals surface area contributed by atoms with Gasteiger partial charge < -0.3 is 10.4 Å². The summed E-state index contributed by atoms with van der Waals surface area (Å²) in [6, 6.07) is 4.80. The number of carbonyl (C=O) groups is 1. The maximum atomic E-state index is 10.6. The third-order valence-corrected chi connectivity index (χ3v) is 2.18. The van der Waals surface area contributed by atoms with Gasteiger partial charge in [0.05, 0.1) is 10.7 Å². The second-order valence-corrected chi connectivity index (χ2v) is 3.59. The molecule has 0 spiro atoms. The van der Waals surface area contributed by atoms with Crippen LogP contribution in [-0.4, -0.2) is 17.1 Å². The molecule has 0 heterocycles. The number of aryl methyl sites for hydroxylation is 1. The Labute approximate surface area is 87.7 Å². The van der Waals surface area contributed by atoms with Crippen molar-refractivity contribution in [3.63, 3.8) is 0 Å². The molecule has 1 aromatic rings. The van der Waals surface area contributed by atoms with Crippen molar-refractivity contribution in [2.24, 2.45) is 0 Å². The largest absolute Gasteiger partial charge is 0.480 e. The van der Waals surface area contributed by atoms with Crippen LogP contribution in [0.15, 0.2) is 18.2 Å². The Morgan fingerprint density at radius 2 is 2.21 bits per heavy atom. The summed E-state index contributed by atoms with van der Waals surface area (Å²) in [5.74, 6) is -0.901. The number of nitrogens with one attached hydrogen (secondary N) is 1. The van der Waals surface area contributed by atoms with E-state index in [4.69, 9.17) is 16.7 Å². The minimum atomic E-state index is -0.901. The molecule has 1 atom stereocenters. The van der Waals surface area contributed by atoms with Crippen molar-refractivity contribution in [3.05, 3.63) is 28.8 Å². The first kappa shape index (κ1) is 10.9. The fraction of sp³-hybridized carbons (Fsp3) is 0.300. The molecule has 0 aliphatic heterocycles. The third kappa shape index (κ3) is 2.64. The van der Waals surface area contributed by atoms with Crippen molar-refractivity contribution in [1.82, 2.24) is 0 Å². The molecule has 14 heavy (non-hydrogen) atoms. The number of rotatable bonds is 3. The summed E-state index contributed by atoms with van der Waals surface area (Å²) < 4.78 is 0. The summed E-state index contributed by atoms with van der Waals surface area (Å²) in [6.07, 6.45) is 0. The van der Waals surface area contributed by atoms with E-state index in [0.717, 1.165) is 5.56 Å². The molecular weight excluding hydrogens is 202 g/mol. The summed E-state index contributed by atoms with van der Waals surface area (Å²) in [6.45, 7) is 3.49. The molecule has 0 aliphatic rings. The number of benzene rings is 1. The van der Waals surface area contributed by atoms with Gasteiger partial charge in [-0.3, -0.25) is 4.79 Å². The molecule has 1 unspecified atom stereocenters. The van der Waals surface area contributed by atoms with Crippen LogP contribution < -0.4 is 5.32 Å². The molecule has 76 valence electrons. The SMILES string of the molecule is Cc1ccc(NC(C)C(=O)O)c(Cl)c1. The number of anilines is 1. The van der Waals surface area contributed by atoms with Crippen molar-refractivity contribution in [2.45, 2.75) is 19.9 Å². The van der Waals surface area contributed by atoms with Crippen LogP contribution in [-0.2, 0) is 4.79 Å². The van der Waals surface area contributed by atoms with Crippen LogP contribution in [0.3, 0.4) is 0 Å². The van der Waals surface area contributed by atoms with Gasteiger partial charge in [-0.05, 0) is 31.5 Å². The normalized spacial score (nSPS) is 12.2. The number of carboxylic acid groups (broad SMARTS) is 1. The van der Waals surface area contributed by atoms with Gasteiger partial charge >= 0.3 is 5.97 Å². The van der Waals surface area contributed by atoms with Crippen molar-refractivity contribution in [3.8, 4) is 0 Å². The monoisotopic (exact) mass is 213 g/mol. The highest BCUT2D eigenvalue weighted by atomic mass is 35.5. The first-order valence-corrected chi connectivity index (χ1v) is 4.64. The van der Waals surface area contributed by atoms with Crippen LogP contribution in [0.2, 0.25) is 5.02 Å². The molecule has 0 amide bonds. The van der Waals surface area contributed by atoms with E-state index in [0.29, 0.717) is 10.7 Å². The van der Waals surface area contributed by atoms with Crippen LogP contribution in [0.1, 0.15) is 12.5 Å². The highest BCUT2D eigenvalue weighted by molar-refractivity contribution is 6.33. The van der Waals surface area contributed by atoms with Gasteiger partial charge in [-0.15, -0.1) is 0 Å². The summed E-state index contributed by atoms with van der Waals surface area (Å²) in [7, 11) is 0. The summed E-state index contributed by atoms with van der Waals surface area (Å²) >= 11 is 5.92. The van der Waals surface area contributed by atoms with Gasteiger partial charge in [0.25, 0.3) is 0 Å². The van der Waals surface area contributed by atoms with Gasteiger partial charge in [-0.2, -0.15) is 0 Å². The van der Waals surface area contributed by atoms with Crippen LogP contribution >= 0.6 is 11.6 Å². The molecule has 0 aromatic heterocycles. The minimum absolute atomic E-state index is 0.540. The Bertz CT molecular complexity index is 352. The van der Waals surface area contributed by atoms with E-state index >= 15 is 0 Å². The van der Waals surface area contributed by atoms with E-state index < -0.39 is 12.0 Å². The zero-order valence-corrected chi connectivity index (χ0v) is 8.80. The Morgan fingerprint density at radius 1 is 1.57 bits per heavy atom. The highest BCUT2D eigenvalue weighted by Gasteiger charge is 2.11. The average Bonchev–Trinajstić information content (AvgIpc) is 2.09. The fourth-order valence-corrected chi connectivity index (χ4v) is 1.32. The van der Waals surface area contributed by atoms with Crippen molar-refractivity contribution in [2.75, 3.05) is 5.32 Å². The van der Waals surface area contributed by atoms with Crippen molar-refractivity contribution < 1.29 is 9.90 Å². The topological polar surface area (TPSA) is 49.3 Å². The van der Waals surface area contributed by atoms with E-state index in [1.807, 2.05) is 13.0 Å². The van der Waals surface area contributed by atoms with E-state index in [-0.39, 0.29) is 0 Å². The summed E-state index contributed by atoms with van der Waals surface area (Å²) in [4.78, 5) is 10.6. The van der Waals surface area contributed by atoms with Gasteiger partial charge in [-0.1, -0.05) is 17.7 Å². The molecule has 0 saturated heterocycles. The average molecular weight is 214 g/mol. The van der Waals surface area contributed by atoms with Crippen molar-refractivity contribution >= 4 is 23.3 Å². The number of hydrogen-bond acceptors (Lipinski definition) is 2. The summed E-state index contributed by atoms with van der Waals surface area (Å²) in [5.41, 5.74) is 1.69. The van der Waals surface area contributed by atoms with Crippen LogP contribution in [0, 0.1) is 6.92 Å². The van der Waals surface area contributed by atoms with E-state index in [9.17, 15) is 4.79 Å². The van der Waals surface area contributed by atoms with Crippen LogP contribution in [0.25, 0.3) is 0 Å². The number of hydrogen-bond donors (Lipinski definition) is 2. The van der Waals surface area contributed by atoms with Gasteiger partial charge in [0.1, 0.15) is 6.04 Å². The molecule has 2 N–H and O–H groups in total. The predicted octanol–water partition coefficient (Wildman–Crippen LogP) is 2.53. The number of carboxylic acids is 1. The molecule has 0 saturated carbocycles. The van der Waals surface area contributed by atoms with Gasteiger partial charge in [0, 0.05) is 0 Å². The Morgan fingerprint density at radius 3 is 2.71 bits per heavy atom. The van der Waals surface area contributed by atoms with Crippen LogP contribution in [0.4, 0.5) is 5.69 Å². The Hall–Kier alpha value is -1.22. The van der Waals surface area contributed by atoms with E-state index in [1.54, 1.807) is 19.1 Å². The van der Waals surface area contributed by atoms with Gasteiger partial charge in [0.2, 0.25) is 0 Å². The quantitative estimate of drug-likeness (QED) is 0.811. The molecule has 1 aromatic carbocycles. The van der Waals surface area contributed by atoms with E-state index in [2.05, 4.69) is 5.32 Å². The molecule has 3 nitrogen and oxygen atoms in total. The molecule has 1 rings (SSSR count). The second-order valence-electron chi connectivity index (χ2n) is 3.19. The maximum Gasteiger partial charge on any atom is 0.325 e. The first-order chi connectivity index (χ1) is 6.50. The number of aliphatic carboxylic acids is 1. The molecule has 4 heteroatoms. The third-order valence-electron chi connectivity index (χ3n) is 1.87. The number of halogens is 1. The fourth-order valence-electron chi connectivity index (χ4n) is 1.03. The Balaban J connectivity index is 2.82. The zero-order chi connectivity index (χ0) is 10.7. The standard InChI is InChI=1S/C10H12ClNO2/c1-6-3-4-9(8(11)5-6)12-7(2)10(13)14/h3-5,7,12H,1-2H3,(H,13,14). The lowest BCUT2D eigenvalue weighted by atomic mass is 10.2. The van der Waals surface area contributed by atoms with Crippen molar-refractivity contribution in [1.29, 1.82) is 0 Å². The lowest BCUT2D eigenvalue weighted by Gasteiger charge is -2.12. The second kappa shape index (κ2) is 4.33. The molecule has 0 radical (unpaired) electrons. The van der Waals surface area contributed by atoms with E-state index in [1.165, 1.54) is 0 Å². The Kier molecular flexibility index (Phi) is 3.36. The van der Waals surface area contributed by atoms with Gasteiger partial charge in [-0.25, -0.2) is 0 Å². The van der Waals surface area contributed by atoms with Crippen LogP contribution in [0.5, 0.6) is 0 Å². The molecular formula is C10H12ClNO2. The zero-order valence-electron chi connectivity index (χ0n) is 8.04. The highest BCUT2D eigenvalue weighted by Crippen LogP contribution is 2.23.